The van der Waals surface area contributed by atoms with E-state index in [9.17, 15) is 9.59 Å². The molecule has 1 amide bonds. The van der Waals surface area contributed by atoms with Crippen LogP contribution in [0.15, 0.2) is 0 Å². The zero-order valence-electron chi connectivity index (χ0n) is 10.8. The lowest BCUT2D eigenvalue weighted by molar-refractivity contribution is -0.125. The maximum Gasteiger partial charge on any atom is 0.298 e. The van der Waals surface area contributed by atoms with Crippen LogP contribution in [0.1, 0.15) is 46.0 Å². The molecule has 3 heteroatoms. The van der Waals surface area contributed by atoms with Gasteiger partial charge in [-0.1, -0.05) is 12.3 Å². The van der Waals surface area contributed by atoms with Crippen molar-refractivity contribution in [2.75, 3.05) is 13.1 Å². The van der Waals surface area contributed by atoms with Gasteiger partial charge in [0.05, 0.1) is 0 Å². The van der Waals surface area contributed by atoms with E-state index in [0.29, 0.717) is 31.7 Å². The summed E-state index contributed by atoms with van der Waals surface area (Å²) in [5.41, 5.74) is 0. The largest absolute Gasteiger partial charge is 0.332 e. The van der Waals surface area contributed by atoms with Crippen LogP contribution in [0.5, 0.6) is 0 Å². The molecule has 3 nitrogen and oxygen atoms in total. The Labute approximate surface area is 104 Å². The minimum absolute atomic E-state index is 0.0701. The van der Waals surface area contributed by atoms with Crippen molar-refractivity contribution in [3.63, 3.8) is 0 Å². The van der Waals surface area contributed by atoms with E-state index in [2.05, 4.69) is 11.8 Å². The molecule has 1 rings (SSSR count). The molecule has 1 fully saturated rings. The number of carbonyl (C=O) groups excluding carboxylic acids is 2. The van der Waals surface area contributed by atoms with Gasteiger partial charge >= 0.3 is 0 Å². The van der Waals surface area contributed by atoms with Crippen molar-refractivity contribution < 1.29 is 9.59 Å². The van der Waals surface area contributed by atoms with Gasteiger partial charge in [0, 0.05) is 31.8 Å². The van der Waals surface area contributed by atoms with Crippen molar-refractivity contribution in [1.82, 2.24) is 4.90 Å². The minimum atomic E-state index is -0.127. The third-order valence-electron chi connectivity index (χ3n) is 3.28. The second-order valence-electron chi connectivity index (χ2n) is 4.39. The van der Waals surface area contributed by atoms with Crippen molar-refractivity contribution in [1.29, 1.82) is 0 Å². The average molecular weight is 235 g/mol. The van der Waals surface area contributed by atoms with E-state index in [4.69, 9.17) is 0 Å². The van der Waals surface area contributed by atoms with Gasteiger partial charge in [0.2, 0.25) is 0 Å². The first-order valence-electron chi connectivity index (χ1n) is 6.49. The fourth-order valence-corrected chi connectivity index (χ4v) is 2.11. The Balaban J connectivity index is 2.44. The highest BCUT2D eigenvalue weighted by atomic mass is 16.2. The van der Waals surface area contributed by atoms with Gasteiger partial charge in [-0.05, 0) is 32.6 Å². The second-order valence-corrected chi connectivity index (χ2v) is 4.39. The van der Waals surface area contributed by atoms with E-state index in [-0.39, 0.29) is 11.8 Å². The Morgan fingerprint density at radius 3 is 2.65 bits per heavy atom. The molecule has 0 aromatic carbocycles. The highest BCUT2D eigenvalue weighted by Gasteiger charge is 2.20. The van der Waals surface area contributed by atoms with E-state index < -0.39 is 0 Å². The summed E-state index contributed by atoms with van der Waals surface area (Å²) in [6, 6.07) is 0. The van der Waals surface area contributed by atoms with Gasteiger partial charge in [0.1, 0.15) is 5.78 Å². The summed E-state index contributed by atoms with van der Waals surface area (Å²) < 4.78 is 0. The number of nitrogens with zero attached hydrogens (tertiary/aromatic N) is 1. The SMILES string of the molecule is CCN(CC)C(=O)C#CCC1CCCCC1=O. The molecule has 1 aliphatic carbocycles. The highest BCUT2D eigenvalue weighted by molar-refractivity contribution is 5.93. The van der Waals surface area contributed by atoms with Crippen molar-refractivity contribution in [2.45, 2.75) is 46.0 Å². The summed E-state index contributed by atoms with van der Waals surface area (Å²) >= 11 is 0. The van der Waals surface area contributed by atoms with Crippen molar-refractivity contribution in [3.05, 3.63) is 0 Å². The standard InChI is InChI=1S/C14H21NO2/c1-3-15(4-2)14(17)11-7-9-12-8-5-6-10-13(12)16/h12H,3-6,8-10H2,1-2H3. The first kappa shape index (κ1) is 13.8. The first-order chi connectivity index (χ1) is 8.19. The molecular weight excluding hydrogens is 214 g/mol. The number of amides is 1. The number of carbonyl (C=O) groups is 2. The van der Waals surface area contributed by atoms with Crippen LogP contribution in [0.3, 0.4) is 0 Å². The summed E-state index contributed by atoms with van der Waals surface area (Å²) in [6.45, 7) is 5.25. The smallest absolute Gasteiger partial charge is 0.298 e. The molecule has 0 aliphatic heterocycles. The maximum absolute atomic E-state index is 11.6. The number of rotatable bonds is 3. The number of hydrogen-bond acceptors (Lipinski definition) is 2. The van der Waals surface area contributed by atoms with E-state index in [0.717, 1.165) is 19.3 Å². The third kappa shape index (κ3) is 4.22. The quantitative estimate of drug-likeness (QED) is 0.702. The van der Waals surface area contributed by atoms with E-state index in [1.807, 2.05) is 13.8 Å². The third-order valence-corrected chi connectivity index (χ3v) is 3.28. The molecule has 0 aromatic rings. The van der Waals surface area contributed by atoms with Crippen LogP contribution in [0, 0.1) is 17.8 Å². The van der Waals surface area contributed by atoms with Gasteiger partial charge in [0.25, 0.3) is 5.91 Å². The normalized spacial score (nSPS) is 19.4. The van der Waals surface area contributed by atoms with Crippen molar-refractivity contribution >= 4 is 11.7 Å². The molecule has 1 atom stereocenters. The molecule has 1 aliphatic rings. The van der Waals surface area contributed by atoms with Crippen LogP contribution < -0.4 is 0 Å². The van der Waals surface area contributed by atoms with E-state index in [1.165, 1.54) is 0 Å². The zero-order valence-corrected chi connectivity index (χ0v) is 10.8. The maximum atomic E-state index is 11.6. The molecule has 0 saturated heterocycles. The van der Waals surface area contributed by atoms with E-state index >= 15 is 0 Å². The van der Waals surface area contributed by atoms with Gasteiger partial charge in [0.15, 0.2) is 0 Å². The lowest BCUT2D eigenvalue weighted by atomic mass is 9.86. The van der Waals surface area contributed by atoms with Gasteiger partial charge in [-0.2, -0.15) is 0 Å². The Hall–Kier alpha value is -1.30. The molecule has 17 heavy (non-hydrogen) atoms. The molecular formula is C14H21NO2. The van der Waals surface area contributed by atoms with Crippen LogP contribution in [0.4, 0.5) is 0 Å². The molecule has 0 N–H and O–H groups in total. The Morgan fingerprint density at radius 1 is 1.35 bits per heavy atom. The Morgan fingerprint density at radius 2 is 2.06 bits per heavy atom. The first-order valence-corrected chi connectivity index (χ1v) is 6.49. The summed E-state index contributed by atoms with van der Waals surface area (Å²) in [6.07, 6.45) is 4.30. The number of ketones is 1. The predicted octanol–water partition coefficient (Wildman–Crippen LogP) is 2.01. The summed E-state index contributed by atoms with van der Waals surface area (Å²) in [7, 11) is 0. The topological polar surface area (TPSA) is 37.4 Å². The molecule has 0 radical (unpaired) electrons. The average Bonchev–Trinajstić information content (AvgIpc) is 2.33. The molecule has 94 valence electrons. The Bertz CT molecular complexity index is 334. The molecule has 0 bridgehead atoms. The molecule has 0 spiro atoms. The van der Waals surface area contributed by atoms with E-state index in [1.54, 1.807) is 4.90 Å². The lowest BCUT2D eigenvalue weighted by Gasteiger charge is -2.17. The van der Waals surface area contributed by atoms with Crippen LogP contribution in [0.25, 0.3) is 0 Å². The van der Waals surface area contributed by atoms with Crippen LogP contribution in [-0.4, -0.2) is 29.7 Å². The molecule has 0 aromatic heterocycles. The summed E-state index contributed by atoms with van der Waals surface area (Å²) in [4.78, 5) is 24.8. The van der Waals surface area contributed by atoms with Crippen LogP contribution in [-0.2, 0) is 9.59 Å². The number of hydrogen-bond donors (Lipinski definition) is 0. The summed E-state index contributed by atoms with van der Waals surface area (Å²) in [5.74, 6) is 5.77. The highest BCUT2D eigenvalue weighted by Crippen LogP contribution is 2.22. The van der Waals surface area contributed by atoms with Gasteiger partial charge in [-0.15, -0.1) is 0 Å². The van der Waals surface area contributed by atoms with Crippen molar-refractivity contribution in [2.24, 2.45) is 5.92 Å². The Kier molecular flexibility index (Phi) is 5.76. The van der Waals surface area contributed by atoms with Gasteiger partial charge in [-0.3, -0.25) is 9.59 Å². The fraction of sp³-hybridized carbons (Fsp3) is 0.714. The van der Waals surface area contributed by atoms with Crippen LogP contribution >= 0.6 is 0 Å². The monoisotopic (exact) mass is 235 g/mol. The fourth-order valence-electron chi connectivity index (χ4n) is 2.11. The molecule has 1 unspecified atom stereocenters. The van der Waals surface area contributed by atoms with Gasteiger partial charge in [-0.25, -0.2) is 0 Å². The summed E-state index contributed by atoms with van der Waals surface area (Å²) in [5, 5.41) is 0. The lowest BCUT2D eigenvalue weighted by Crippen LogP contribution is -2.29. The number of Topliss-reactive ketones (excluding diaryl/α,β-unsaturated/α-hetero) is 1. The zero-order chi connectivity index (χ0) is 12.7. The van der Waals surface area contributed by atoms with Crippen LogP contribution in [0.2, 0.25) is 0 Å². The van der Waals surface area contributed by atoms with Gasteiger partial charge < -0.3 is 4.90 Å². The molecule has 0 heterocycles. The van der Waals surface area contributed by atoms with Crippen molar-refractivity contribution in [3.8, 4) is 11.8 Å². The minimum Gasteiger partial charge on any atom is -0.332 e. The molecule has 1 saturated carbocycles. The predicted molar refractivity (Wildman–Crippen MR) is 67.3 cm³/mol. The second kappa shape index (κ2) is 7.11.